The van der Waals surface area contributed by atoms with Gasteiger partial charge in [0.15, 0.2) is 5.65 Å². The van der Waals surface area contributed by atoms with Gasteiger partial charge < -0.3 is 10.2 Å². The molecular formula is C24H25ClN6O. The maximum atomic E-state index is 12.4. The van der Waals surface area contributed by atoms with Gasteiger partial charge in [0.2, 0.25) is 5.91 Å². The Morgan fingerprint density at radius 2 is 1.75 bits per heavy atom. The highest BCUT2D eigenvalue weighted by Gasteiger charge is 2.23. The van der Waals surface area contributed by atoms with Crippen LogP contribution in [0.25, 0.3) is 16.6 Å². The van der Waals surface area contributed by atoms with Gasteiger partial charge in [0.1, 0.15) is 10.8 Å². The minimum atomic E-state index is 0.0498. The Kier molecular flexibility index (Phi) is 5.68. The number of fused-ring (bicyclic) bond motifs is 3. The van der Waals surface area contributed by atoms with Crippen LogP contribution < -0.4 is 10.2 Å². The van der Waals surface area contributed by atoms with Crippen LogP contribution in [-0.2, 0) is 11.3 Å². The summed E-state index contributed by atoms with van der Waals surface area (Å²) < 4.78 is 1.82. The number of benzene rings is 2. The third kappa shape index (κ3) is 4.01. The Morgan fingerprint density at radius 3 is 2.53 bits per heavy atom. The smallest absolute Gasteiger partial charge is 0.234 e. The molecule has 0 spiro atoms. The van der Waals surface area contributed by atoms with Crippen LogP contribution in [-0.4, -0.2) is 58.1 Å². The summed E-state index contributed by atoms with van der Waals surface area (Å²) in [6, 6.07) is 18.1. The molecule has 0 saturated carbocycles. The Morgan fingerprint density at radius 1 is 1.03 bits per heavy atom. The number of para-hydroxylation sites is 1. The molecule has 0 unspecified atom stereocenters. The van der Waals surface area contributed by atoms with E-state index in [0.29, 0.717) is 23.8 Å². The molecule has 1 aliphatic rings. The van der Waals surface area contributed by atoms with Gasteiger partial charge in [0.05, 0.1) is 17.8 Å². The quantitative estimate of drug-likeness (QED) is 0.507. The standard InChI is InChI=1S/C24H25ClN6O/c1-17-22(25)24-27-23(19-9-5-6-10-20(19)31(24)28-17)30-13-11-29(12-14-30)16-21(32)26-15-18-7-3-2-4-8-18/h2-10H,11-16H2,1H3,(H,26,32). The lowest BCUT2D eigenvalue weighted by molar-refractivity contribution is -0.122. The largest absolute Gasteiger partial charge is 0.353 e. The molecule has 1 amide bonds. The van der Waals surface area contributed by atoms with E-state index in [-0.39, 0.29) is 5.91 Å². The molecular weight excluding hydrogens is 424 g/mol. The first-order valence-electron chi connectivity index (χ1n) is 10.8. The number of nitrogens with one attached hydrogen (secondary N) is 1. The zero-order valence-corrected chi connectivity index (χ0v) is 18.7. The van der Waals surface area contributed by atoms with Gasteiger partial charge in [-0.25, -0.2) is 9.50 Å². The van der Waals surface area contributed by atoms with Crippen molar-refractivity contribution in [3.05, 3.63) is 70.9 Å². The van der Waals surface area contributed by atoms with E-state index in [1.165, 1.54) is 0 Å². The molecule has 164 valence electrons. The number of rotatable bonds is 5. The molecule has 5 rings (SSSR count). The maximum absolute atomic E-state index is 12.4. The summed E-state index contributed by atoms with van der Waals surface area (Å²) >= 11 is 6.49. The Balaban J connectivity index is 1.28. The number of anilines is 1. The van der Waals surface area contributed by atoms with Gasteiger partial charge in [-0.2, -0.15) is 5.10 Å². The molecule has 1 aliphatic heterocycles. The number of nitrogens with zero attached hydrogens (tertiary/aromatic N) is 5. The number of halogens is 1. The van der Waals surface area contributed by atoms with Crippen molar-refractivity contribution in [2.24, 2.45) is 0 Å². The number of amides is 1. The highest BCUT2D eigenvalue weighted by molar-refractivity contribution is 6.34. The average molecular weight is 449 g/mol. The lowest BCUT2D eigenvalue weighted by Crippen LogP contribution is -2.49. The lowest BCUT2D eigenvalue weighted by Gasteiger charge is -2.35. The molecule has 4 aromatic rings. The Labute approximate surface area is 191 Å². The van der Waals surface area contributed by atoms with Gasteiger partial charge in [-0.15, -0.1) is 0 Å². The Hall–Kier alpha value is -3.16. The van der Waals surface area contributed by atoms with Gasteiger partial charge in [0, 0.05) is 38.1 Å². The fourth-order valence-electron chi connectivity index (χ4n) is 4.18. The third-order valence-corrected chi connectivity index (χ3v) is 6.36. The number of aromatic nitrogens is 3. The molecule has 0 aliphatic carbocycles. The summed E-state index contributed by atoms with van der Waals surface area (Å²) in [5.74, 6) is 0.969. The van der Waals surface area contributed by atoms with Crippen LogP contribution in [0.1, 0.15) is 11.3 Å². The number of hydrogen-bond acceptors (Lipinski definition) is 5. The maximum Gasteiger partial charge on any atom is 0.234 e. The topological polar surface area (TPSA) is 65.8 Å². The van der Waals surface area contributed by atoms with Gasteiger partial charge in [-0.3, -0.25) is 9.69 Å². The number of hydrogen-bond donors (Lipinski definition) is 1. The summed E-state index contributed by atoms with van der Waals surface area (Å²) in [4.78, 5) is 21.8. The first kappa shape index (κ1) is 20.7. The molecule has 0 bridgehead atoms. The fraction of sp³-hybridized carbons (Fsp3) is 0.292. The van der Waals surface area contributed by atoms with E-state index in [9.17, 15) is 4.79 Å². The fourth-order valence-corrected chi connectivity index (χ4v) is 4.34. The monoisotopic (exact) mass is 448 g/mol. The summed E-state index contributed by atoms with van der Waals surface area (Å²) in [7, 11) is 0. The van der Waals surface area contributed by atoms with Crippen molar-refractivity contribution in [1.82, 2.24) is 24.8 Å². The minimum absolute atomic E-state index is 0.0498. The van der Waals surface area contributed by atoms with Crippen molar-refractivity contribution in [2.45, 2.75) is 13.5 Å². The Bertz CT molecular complexity index is 1260. The molecule has 2 aromatic carbocycles. The van der Waals surface area contributed by atoms with Crippen molar-refractivity contribution in [3.8, 4) is 0 Å². The van der Waals surface area contributed by atoms with E-state index in [4.69, 9.17) is 16.6 Å². The van der Waals surface area contributed by atoms with Gasteiger partial charge in [-0.05, 0) is 24.6 Å². The van der Waals surface area contributed by atoms with Crippen molar-refractivity contribution in [2.75, 3.05) is 37.6 Å². The average Bonchev–Trinajstić information content (AvgIpc) is 3.12. The summed E-state index contributed by atoms with van der Waals surface area (Å²) in [6.07, 6.45) is 0. The van der Waals surface area contributed by atoms with E-state index >= 15 is 0 Å². The number of carbonyl (C=O) groups excluding carboxylic acids is 1. The van der Waals surface area contributed by atoms with E-state index in [1.54, 1.807) is 0 Å². The zero-order chi connectivity index (χ0) is 22.1. The predicted octanol–water partition coefficient (Wildman–Crippen LogP) is 3.28. The molecule has 1 saturated heterocycles. The number of aryl methyl sites for hydroxylation is 1. The van der Waals surface area contributed by atoms with Gasteiger partial charge in [-0.1, -0.05) is 54.1 Å². The van der Waals surface area contributed by atoms with Crippen molar-refractivity contribution in [1.29, 1.82) is 0 Å². The SMILES string of the molecule is Cc1nn2c(nc(N3CCN(CC(=O)NCc4ccccc4)CC3)c3ccccc32)c1Cl. The van der Waals surface area contributed by atoms with E-state index in [1.807, 2.05) is 60.0 Å². The van der Waals surface area contributed by atoms with Gasteiger partial charge in [0.25, 0.3) is 0 Å². The molecule has 1 N–H and O–H groups in total. The van der Waals surface area contributed by atoms with Gasteiger partial charge >= 0.3 is 0 Å². The van der Waals surface area contributed by atoms with Crippen molar-refractivity contribution in [3.63, 3.8) is 0 Å². The molecule has 7 nitrogen and oxygen atoms in total. The third-order valence-electron chi connectivity index (χ3n) is 5.92. The van der Waals surface area contributed by atoms with Crippen LogP contribution in [0.2, 0.25) is 5.02 Å². The summed E-state index contributed by atoms with van der Waals surface area (Å²) in [6.45, 7) is 6.04. The van der Waals surface area contributed by atoms with E-state index in [2.05, 4.69) is 26.3 Å². The summed E-state index contributed by atoms with van der Waals surface area (Å²) in [5, 5.41) is 9.21. The first-order valence-corrected chi connectivity index (χ1v) is 11.2. The van der Waals surface area contributed by atoms with Crippen LogP contribution in [0.15, 0.2) is 54.6 Å². The molecule has 3 heterocycles. The summed E-state index contributed by atoms with van der Waals surface area (Å²) in [5.41, 5.74) is 3.55. The second kappa shape index (κ2) is 8.76. The first-order chi connectivity index (χ1) is 15.6. The highest BCUT2D eigenvalue weighted by atomic mass is 35.5. The number of carbonyl (C=O) groups is 1. The van der Waals surface area contributed by atoms with Crippen LogP contribution in [0.3, 0.4) is 0 Å². The molecule has 8 heteroatoms. The van der Waals surface area contributed by atoms with Crippen LogP contribution in [0, 0.1) is 6.92 Å². The normalized spacial score (nSPS) is 14.9. The molecule has 0 radical (unpaired) electrons. The van der Waals surface area contributed by atoms with Crippen molar-refractivity contribution >= 4 is 39.9 Å². The van der Waals surface area contributed by atoms with E-state index in [0.717, 1.165) is 54.2 Å². The second-order valence-electron chi connectivity index (χ2n) is 8.11. The second-order valence-corrected chi connectivity index (χ2v) is 8.49. The predicted molar refractivity (Wildman–Crippen MR) is 127 cm³/mol. The van der Waals surface area contributed by atoms with Crippen LogP contribution in [0.5, 0.6) is 0 Å². The van der Waals surface area contributed by atoms with Crippen LogP contribution >= 0.6 is 11.6 Å². The van der Waals surface area contributed by atoms with Crippen molar-refractivity contribution < 1.29 is 4.79 Å². The molecule has 0 atom stereocenters. The molecule has 32 heavy (non-hydrogen) atoms. The lowest BCUT2D eigenvalue weighted by atomic mass is 10.2. The van der Waals surface area contributed by atoms with Crippen LogP contribution in [0.4, 0.5) is 5.82 Å². The molecule has 1 fully saturated rings. The molecule has 2 aromatic heterocycles. The minimum Gasteiger partial charge on any atom is -0.353 e. The number of piperazine rings is 1. The zero-order valence-electron chi connectivity index (χ0n) is 18.0. The van der Waals surface area contributed by atoms with E-state index < -0.39 is 0 Å². The highest BCUT2D eigenvalue weighted by Crippen LogP contribution is 2.30.